The fourth-order valence-electron chi connectivity index (χ4n) is 3.48. The molecule has 2 saturated heterocycles. The van der Waals surface area contributed by atoms with Gasteiger partial charge in [-0.05, 0) is 30.9 Å². The zero-order valence-electron chi connectivity index (χ0n) is 15.7. The fraction of sp³-hybridized carbons (Fsp3) is 0.632. The van der Waals surface area contributed by atoms with Gasteiger partial charge < -0.3 is 14.4 Å². The zero-order valence-corrected chi connectivity index (χ0v) is 15.7. The minimum Gasteiger partial charge on any atom is -0.407 e. The number of nitrogens with zero attached hydrogens (tertiary/aromatic N) is 3. The highest BCUT2D eigenvalue weighted by atomic mass is 16.5. The number of nitrogens with one attached hydrogen (secondary N) is 2. The molecular weight excluding hydrogens is 330 g/mol. The van der Waals surface area contributed by atoms with Crippen LogP contribution >= 0.6 is 0 Å². The summed E-state index contributed by atoms with van der Waals surface area (Å²) in [5.74, 6) is 0.332. The van der Waals surface area contributed by atoms with Gasteiger partial charge in [-0.15, -0.1) is 0 Å². The molecule has 1 aromatic heterocycles. The summed E-state index contributed by atoms with van der Waals surface area (Å²) in [6.07, 6.45) is 3.68. The average Bonchev–Trinajstić information content (AvgIpc) is 2.68. The summed E-state index contributed by atoms with van der Waals surface area (Å²) in [6, 6.07) is 4.37. The lowest BCUT2D eigenvalue weighted by Gasteiger charge is -2.40. The molecule has 7 nitrogen and oxygen atoms in total. The van der Waals surface area contributed by atoms with Gasteiger partial charge in [-0.2, -0.15) is 0 Å². The van der Waals surface area contributed by atoms with Crippen molar-refractivity contribution in [2.75, 3.05) is 39.4 Å². The van der Waals surface area contributed by atoms with Crippen LogP contribution in [-0.4, -0.2) is 72.1 Å². The highest BCUT2D eigenvalue weighted by Gasteiger charge is 2.27. The maximum Gasteiger partial charge on any atom is 0.291 e. The Morgan fingerprint density at radius 3 is 2.42 bits per heavy atom. The number of likely N-dealkylation sites (tertiary alicyclic amines) is 1. The topological polar surface area (TPSA) is 85.5 Å². The number of rotatable bonds is 3. The van der Waals surface area contributed by atoms with Gasteiger partial charge in [0, 0.05) is 44.1 Å². The van der Waals surface area contributed by atoms with Crippen molar-refractivity contribution in [3.63, 3.8) is 0 Å². The van der Waals surface area contributed by atoms with Crippen LogP contribution in [0.4, 0.5) is 0 Å². The van der Waals surface area contributed by atoms with Crippen LogP contribution in [0.3, 0.4) is 0 Å². The van der Waals surface area contributed by atoms with Crippen molar-refractivity contribution in [3.05, 3.63) is 29.6 Å². The molecule has 0 aliphatic carbocycles. The summed E-state index contributed by atoms with van der Waals surface area (Å²) in [6.45, 7) is 9.39. The first kappa shape index (κ1) is 18.8. The van der Waals surface area contributed by atoms with Crippen molar-refractivity contribution in [1.82, 2.24) is 14.8 Å². The fourth-order valence-corrected chi connectivity index (χ4v) is 3.48. The Bertz CT molecular complexity index is 617. The molecule has 3 heterocycles. The lowest BCUT2D eigenvalue weighted by molar-refractivity contribution is 0.00452. The monoisotopic (exact) mass is 359 g/mol. The van der Waals surface area contributed by atoms with Crippen molar-refractivity contribution in [3.8, 4) is 0 Å². The number of pyridine rings is 1. The number of aromatic nitrogens is 1. The molecule has 0 amide bonds. The predicted octanol–water partition coefficient (Wildman–Crippen LogP) is 2.28. The van der Waals surface area contributed by atoms with Crippen LogP contribution < -0.4 is 0 Å². The number of amidine groups is 1. The highest BCUT2D eigenvalue weighted by Crippen LogP contribution is 2.18. The van der Waals surface area contributed by atoms with Gasteiger partial charge in [0.25, 0.3) is 6.02 Å². The van der Waals surface area contributed by atoms with Crippen molar-refractivity contribution in [2.24, 2.45) is 0 Å². The van der Waals surface area contributed by atoms with Crippen LogP contribution in [0, 0.1) is 10.8 Å². The van der Waals surface area contributed by atoms with E-state index in [4.69, 9.17) is 20.3 Å². The van der Waals surface area contributed by atoms with Crippen LogP contribution in [-0.2, 0) is 9.47 Å². The number of morpholine rings is 1. The molecule has 2 aliphatic heterocycles. The van der Waals surface area contributed by atoms with Crippen molar-refractivity contribution >= 4 is 11.9 Å². The molecule has 142 valence electrons. The Labute approximate surface area is 155 Å². The Morgan fingerprint density at radius 1 is 1.15 bits per heavy atom. The van der Waals surface area contributed by atoms with E-state index in [0.717, 1.165) is 57.9 Å². The Balaban J connectivity index is 1.48. The van der Waals surface area contributed by atoms with Crippen LogP contribution in [0.5, 0.6) is 0 Å². The molecule has 26 heavy (non-hydrogen) atoms. The molecule has 0 atom stereocenters. The third kappa shape index (κ3) is 4.59. The van der Waals surface area contributed by atoms with Gasteiger partial charge in [0.15, 0.2) is 0 Å². The summed E-state index contributed by atoms with van der Waals surface area (Å²) >= 11 is 0. The molecule has 2 fully saturated rings. The number of piperidine rings is 1. The Kier molecular flexibility index (Phi) is 6.21. The standard InChI is InChI=1S/C19H29N5O2/c1-14(2)17-4-3-15(13-22-17)18(20)26-19(21)24-7-5-16(6-8-24)23-9-11-25-12-10-23/h3-4,13-14,16,20-21H,5-12H2,1-2H3. The van der Waals surface area contributed by atoms with E-state index >= 15 is 0 Å². The van der Waals surface area contributed by atoms with Crippen LogP contribution in [0.2, 0.25) is 0 Å². The second-order valence-electron chi connectivity index (χ2n) is 7.23. The van der Waals surface area contributed by atoms with Crippen LogP contribution in [0.1, 0.15) is 43.9 Å². The van der Waals surface area contributed by atoms with Crippen molar-refractivity contribution < 1.29 is 9.47 Å². The van der Waals surface area contributed by atoms with E-state index in [1.807, 2.05) is 17.0 Å². The summed E-state index contributed by atoms with van der Waals surface area (Å²) in [5, 5.41) is 16.3. The largest absolute Gasteiger partial charge is 0.407 e. The van der Waals surface area contributed by atoms with Gasteiger partial charge in [-0.1, -0.05) is 13.8 Å². The predicted molar refractivity (Wildman–Crippen MR) is 101 cm³/mol. The first-order valence-electron chi connectivity index (χ1n) is 9.42. The van der Waals surface area contributed by atoms with Gasteiger partial charge in [-0.25, -0.2) is 0 Å². The van der Waals surface area contributed by atoms with E-state index in [9.17, 15) is 0 Å². The average molecular weight is 359 g/mol. The molecule has 0 saturated carbocycles. The summed E-state index contributed by atoms with van der Waals surface area (Å²) < 4.78 is 10.9. The van der Waals surface area contributed by atoms with E-state index in [1.165, 1.54) is 0 Å². The summed E-state index contributed by atoms with van der Waals surface area (Å²) in [7, 11) is 0. The highest BCUT2D eigenvalue weighted by molar-refractivity contribution is 5.98. The number of ether oxygens (including phenoxy) is 2. The van der Waals surface area contributed by atoms with Gasteiger partial charge in [0.1, 0.15) is 0 Å². The molecule has 3 rings (SSSR count). The van der Waals surface area contributed by atoms with E-state index in [2.05, 4.69) is 23.7 Å². The number of hydrogen-bond acceptors (Lipinski definition) is 6. The first-order valence-corrected chi connectivity index (χ1v) is 9.42. The maximum atomic E-state index is 8.19. The first-order chi connectivity index (χ1) is 12.5. The minimum absolute atomic E-state index is 0.0203. The SMILES string of the molecule is CC(C)c1ccc(C(=N)OC(=N)N2CCC(N3CCOCC3)CC2)cn1. The molecule has 1 aromatic rings. The third-order valence-corrected chi connectivity index (χ3v) is 5.15. The molecule has 0 aromatic carbocycles. The molecule has 0 unspecified atom stereocenters. The molecule has 0 bridgehead atoms. The molecule has 2 aliphatic rings. The smallest absolute Gasteiger partial charge is 0.291 e. The van der Waals surface area contributed by atoms with Crippen molar-refractivity contribution in [1.29, 1.82) is 10.8 Å². The third-order valence-electron chi connectivity index (χ3n) is 5.15. The molecule has 0 radical (unpaired) electrons. The normalized spacial score (nSPS) is 19.6. The molecular formula is C19H29N5O2. The summed E-state index contributed by atoms with van der Waals surface area (Å²) in [4.78, 5) is 8.77. The molecule has 0 spiro atoms. The van der Waals surface area contributed by atoms with Gasteiger partial charge >= 0.3 is 0 Å². The lowest BCUT2D eigenvalue weighted by atomic mass is 10.0. The van der Waals surface area contributed by atoms with Gasteiger partial charge in [-0.3, -0.25) is 20.7 Å². The zero-order chi connectivity index (χ0) is 18.5. The lowest BCUT2D eigenvalue weighted by Crippen LogP contribution is -2.50. The second-order valence-corrected chi connectivity index (χ2v) is 7.23. The van der Waals surface area contributed by atoms with Crippen molar-refractivity contribution in [2.45, 2.75) is 38.6 Å². The van der Waals surface area contributed by atoms with Crippen LogP contribution in [0.25, 0.3) is 0 Å². The van der Waals surface area contributed by atoms with E-state index in [-0.39, 0.29) is 11.9 Å². The Morgan fingerprint density at radius 2 is 1.85 bits per heavy atom. The molecule has 7 heteroatoms. The van der Waals surface area contributed by atoms with Gasteiger partial charge in [0.05, 0.1) is 18.8 Å². The van der Waals surface area contributed by atoms with Crippen LogP contribution in [0.15, 0.2) is 18.3 Å². The van der Waals surface area contributed by atoms with E-state index in [1.54, 1.807) is 6.20 Å². The van der Waals surface area contributed by atoms with E-state index in [0.29, 0.717) is 17.5 Å². The second kappa shape index (κ2) is 8.60. The summed E-state index contributed by atoms with van der Waals surface area (Å²) in [5.41, 5.74) is 1.59. The maximum absolute atomic E-state index is 8.19. The number of hydrogen-bond donors (Lipinski definition) is 2. The van der Waals surface area contributed by atoms with Gasteiger partial charge in [0.2, 0.25) is 5.90 Å². The quantitative estimate of drug-likeness (QED) is 0.639. The van der Waals surface area contributed by atoms with E-state index < -0.39 is 0 Å². The minimum atomic E-state index is -0.0203. The Hall–Kier alpha value is -1.99. The molecule has 2 N–H and O–H groups in total.